The fraction of sp³-hybridized carbons (Fsp3) is 0.455. The van der Waals surface area contributed by atoms with Crippen molar-refractivity contribution in [3.63, 3.8) is 0 Å². The summed E-state index contributed by atoms with van der Waals surface area (Å²) in [5, 5.41) is 0. The van der Waals surface area contributed by atoms with Crippen LogP contribution in [0.2, 0.25) is 0 Å². The van der Waals surface area contributed by atoms with E-state index in [1.807, 2.05) is 18.2 Å². The molecular weight excluding hydrogens is 289 g/mol. The Labute approximate surface area is 98.0 Å². The molecule has 0 heterocycles. The predicted octanol–water partition coefficient (Wildman–Crippen LogP) is 2.55. The Morgan fingerprint density at radius 1 is 1.29 bits per heavy atom. The van der Waals surface area contributed by atoms with Crippen LogP contribution in [0.4, 0.5) is 0 Å². The number of hydrogen-bond acceptors (Lipinski definition) is 2. The number of para-hydroxylation sites is 1. The number of halogens is 1. The summed E-state index contributed by atoms with van der Waals surface area (Å²) in [5.41, 5.74) is 5.95. The lowest BCUT2D eigenvalue weighted by molar-refractivity contribution is 0.190. The molecule has 2 nitrogen and oxygen atoms in total. The fourth-order valence-corrected chi connectivity index (χ4v) is 2.32. The van der Waals surface area contributed by atoms with E-state index in [-0.39, 0.29) is 12.1 Å². The zero-order valence-electron chi connectivity index (χ0n) is 7.95. The lowest BCUT2D eigenvalue weighted by Gasteiger charge is -2.18. The molecule has 0 amide bonds. The molecular formula is C11H14INO. The highest BCUT2D eigenvalue weighted by atomic mass is 127. The first-order valence-corrected chi connectivity index (χ1v) is 6.02. The number of rotatable bonds is 2. The van der Waals surface area contributed by atoms with Crippen molar-refractivity contribution in [2.75, 3.05) is 0 Å². The molecule has 0 aromatic heterocycles. The quantitative estimate of drug-likeness (QED) is 0.852. The van der Waals surface area contributed by atoms with Crippen LogP contribution in [0, 0.1) is 3.57 Å². The molecule has 3 heteroatoms. The van der Waals surface area contributed by atoms with Crippen molar-refractivity contribution in [1.29, 1.82) is 0 Å². The lowest BCUT2D eigenvalue weighted by atomic mass is 10.2. The predicted molar refractivity (Wildman–Crippen MR) is 65.4 cm³/mol. The average molecular weight is 303 g/mol. The Morgan fingerprint density at radius 2 is 2.07 bits per heavy atom. The van der Waals surface area contributed by atoms with Crippen LogP contribution in [-0.2, 0) is 0 Å². The molecule has 2 rings (SSSR count). The molecule has 1 fully saturated rings. The van der Waals surface area contributed by atoms with Crippen molar-refractivity contribution in [2.24, 2.45) is 5.73 Å². The van der Waals surface area contributed by atoms with E-state index in [1.54, 1.807) is 0 Å². The third kappa shape index (κ3) is 2.20. The van der Waals surface area contributed by atoms with Crippen molar-refractivity contribution in [2.45, 2.75) is 31.4 Å². The summed E-state index contributed by atoms with van der Waals surface area (Å²) >= 11 is 2.29. The maximum absolute atomic E-state index is 5.95. The van der Waals surface area contributed by atoms with Gasteiger partial charge in [-0.2, -0.15) is 0 Å². The second-order valence-corrected chi connectivity index (χ2v) is 4.84. The van der Waals surface area contributed by atoms with Crippen LogP contribution in [0.3, 0.4) is 0 Å². The molecule has 1 aromatic carbocycles. The van der Waals surface area contributed by atoms with Crippen molar-refractivity contribution in [3.8, 4) is 5.75 Å². The van der Waals surface area contributed by atoms with Gasteiger partial charge in [-0.25, -0.2) is 0 Å². The molecule has 76 valence electrons. The van der Waals surface area contributed by atoms with Crippen LogP contribution < -0.4 is 10.5 Å². The Hall–Kier alpha value is -0.290. The second kappa shape index (κ2) is 4.49. The molecule has 0 radical (unpaired) electrons. The first-order valence-electron chi connectivity index (χ1n) is 4.94. The van der Waals surface area contributed by atoms with Crippen molar-refractivity contribution >= 4 is 22.6 Å². The summed E-state index contributed by atoms with van der Waals surface area (Å²) in [4.78, 5) is 0. The lowest BCUT2D eigenvalue weighted by Crippen LogP contribution is -2.33. The molecule has 0 aliphatic heterocycles. The summed E-state index contributed by atoms with van der Waals surface area (Å²) < 4.78 is 7.04. The van der Waals surface area contributed by atoms with Gasteiger partial charge in [-0.3, -0.25) is 0 Å². The van der Waals surface area contributed by atoms with Crippen LogP contribution >= 0.6 is 22.6 Å². The minimum Gasteiger partial charge on any atom is -0.488 e. The maximum atomic E-state index is 5.95. The molecule has 14 heavy (non-hydrogen) atoms. The topological polar surface area (TPSA) is 35.2 Å². The summed E-state index contributed by atoms with van der Waals surface area (Å²) in [5.74, 6) is 0.968. The van der Waals surface area contributed by atoms with E-state index in [0.29, 0.717) is 0 Å². The van der Waals surface area contributed by atoms with Gasteiger partial charge in [0.15, 0.2) is 0 Å². The van der Waals surface area contributed by atoms with E-state index in [2.05, 4.69) is 28.7 Å². The van der Waals surface area contributed by atoms with Gasteiger partial charge in [0.25, 0.3) is 0 Å². The number of nitrogens with two attached hydrogens (primary N) is 1. The molecule has 0 saturated heterocycles. The molecule has 0 bridgehead atoms. The highest BCUT2D eigenvalue weighted by molar-refractivity contribution is 14.1. The van der Waals surface area contributed by atoms with E-state index in [0.717, 1.165) is 22.2 Å². The van der Waals surface area contributed by atoms with Crippen LogP contribution in [-0.4, -0.2) is 12.1 Å². The van der Waals surface area contributed by atoms with Crippen molar-refractivity contribution in [3.05, 3.63) is 27.8 Å². The van der Waals surface area contributed by atoms with Crippen LogP contribution in [0.5, 0.6) is 5.75 Å². The summed E-state index contributed by atoms with van der Waals surface area (Å²) in [6, 6.07) is 8.29. The SMILES string of the molecule is NC1CCCC1Oc1ccccc1I. The molecule has 2 atom stereocenters. The monoisotopic (exact) mass is 303 g/mol. The fourth-order valence-electron chi connectivity index (χ4n) is 1.80. The first kappa shape index (κ1) is 10.2. The summed E-state index contributed by atoms with van der Waals surface area (Å²) in [6.07, 6.45) is 3.58. The van der Waals surface area contributed by atoms with Gasteiger partial charge in [-0.05, 0) is 54.0 Å². The second-order valence-electron chi connectivity index (χ2n) is 3.68. The Morgan fingerprint density at radius 3 is 2.71 bits per heavy atom. The molecule has 0 spiro atoms. The van der Waals surface area contributed by atoms with Gasteiger partial charge >= 0.3 is 0 Å². The first-order chi connectivity index (χ1) is 6.77. The third-order valence-corrected chi connectivity index (χ3v) is 3.51. The zero-order valence-corrected chi connectivity index (χ0v) is 10.1. The van der Waals surface area contributed by atoms with Gasteiger partial charge in [-0.15, -0.1) is 0 Å². The van der Waals surface area contributed by atoms with Gasteiger partial charge in [0.1, 0.15) is 11.9 Å². The Balaban J connectivity index is 2.07. The van der Waals surface area contributed by atoms with Crippen LogP contribution in [0.15, 0.2) is 24.3 Å². The molecule has 2 unspecified atom stereocenters. The van der Waals surface area contributed by atoms with E-state index < -0.39 is 0 Å². The standard InChI is InChI=1S/C11H14INO/c12-8-4-1-2-6-10(8)14-11-7-3-5-9(11)13/h1-2,4,6,9,11H,3,5,7,13H2. The zero-order chi connectivity index (χ0) is 9.97. The molecule has 1 aliphatic carbocycles. The van der Waals surface area contributed by atoms with E-state index in [9.17, 15) is 0 Å². The van der Waals surface area contributed by atoms with E-state index in [1.165, 1.54) is 6.42 Å². The van der Waals surface area contributed by atoms with Crippen LogP contribution in [0.25, 0.3) is 0 Å². The Kier molecular flexibility index (Phi) is 3.28. The smallest absolute Gasteiger partial charge is 0.133 e. The summed E-state index contributed by atoms with van der Waals surface area (Å²) in [6.45, 7) is 0. The highest BCUT2D eigenvalue weighted by Gasteiger charge is 2.25. The van der Waals surface area contributed by atoms with Gasteiger partial charge < -0.3 is 10.5 Å². The number of benzene rings is 1. The number of ether oxygens (including phenoxy) is 1. The van der Waals surface area contributed by atoms with Crippen molar-refractivity contribution < 1.29 is 4.74 Å². The minimum atomic E-state index is 0.214. The molecule has 1 aliphatic rings. The highest BCUT2D eigenvalue weighted by Crippen LogP contribution is 2.26. The van der Waals surface area contributed by atoms with Gasteiger partial charge in [0.2, 0.25) is 0 Å². The molecule has 1 aromatic rings. The normalized spacial score (nSPS) is 26.4. The van der Waals surface area contributed by atoms with Crippen LogP contribution in [0.1, 0.15) is 19.3 Å². The maximum Gasteiger partial charge on any atom is 0.133 e. The van der Waals surface area contributed by atoms with E-state index >= 15 is 0 Å². The van der Waals surface area contributed by atoms with E-state index in [4.69, 9.17) is 10.5 Å². The number of hydrogen-bond donors (Lipinski definition) is 1. The largest absolute Gasteiger partial charge is 0.488 e. The molecule has 2 N–H and O–H groups in total. The average Bonchev–Trinajstić information content (AvgIpc) is 2.56. The van der Waals surface area contributed by atoms with Crippen molar-refractivity contribution in [1.82, 2.24) is 0 Å². The Bertz CT molecular complexity index is 316. The van der Waals surface area contributed by atoms with Gasteiger partial charge in [-0.1, -0.05) is 12.1 Å². The summed E-state index contributed by atoms with van der Waals surface area (Å²) in [7, 11) is 0. The molecule has 1 saturated carbocycles. The van der Waals surface area contributed by atoms with Gasteiger partial charge in [0, 0.05) is 6.04 Å². The minimum absolute atomic E-state index is 0.214. The van der Waals surface area contributed by atoms with Gasteiger partial charge in [0.05, 0.1) is 3.57 Å². The third-order valence-electron chi connectivity index (χ3n) is 2.62.